The molecule has 24 heavy (non-hydrogen) atoms. The second-order valence-corrected chi connectivity index (χ2v) is 6.42. The highest BCUT2D eigenvalue weighted by molar-refractivity contribution is 5.74. The molecule has 2 atom stereocenters. The Balaban J connectivity index is 1.80. The molecule has 6 heteroatoms. The minimum Gasteiger partial charge on any atom is -0.383 e. The Morgan fingerprint density at radius 1 is 1.46 bits per heavy atom. The van der Waals surface area contributed by atoms with Gasteiger partial charge in [-0.15, -0.1) is 0 Å². The van der Waals surface area contributed by atoms with E-state index in [1.165, 1.54) is 5.56 Å². The molecular formula is C18H29N3O3. The Morgan fingerprint density at radius 3 is 3.00 bits per heavy atom. The van der Waals surface area contributed by atoms with E-state index >= 15 is 0 Å². The standard InChI is InChI=1S/C18H29N3O3/c1-14(13-23-3)20-18(22)19-10-16-5-4-6-17(9-16)12-21-7-8-24-15(2)11-21/h4-6,9,14-15H,7-8,10-13H2,1-3H3,(H2,19,20,22). The van der Waals surface area contributed by atoms with Crippen molar-refractivity contribution in [1.82, 2.24) is 15.5 Å². The van der Waals surface area contributed by atoms with E-state index in [0.29, 0.717) is 19.3 Å². The Labute approximate surface area is 144 Å². The molecule has 1 aliphatic rings. The lowest BCUT2D eigenvalue weighted by Gasteiger charge is -2.31. The van der Waals surface area contributed by atoms with Gasteiger partial charge in [0.1, 0.15) is 0 Å². The van der Waals surface area contributed by atoms with Crippen LogP contribution in [0.25, 0.3) is 0 Å². The topological polar surface area (TPSA) is 62.8 Å². The SMILES string of the molecule is COCC(C)NC(=O)NCc1cccc(CN2CCOC(C)C2)c1. The largest absolute Gasteiger partial charge is 0.383 e. The number of hydrogen-bond donors (Lipinski definition) is 2. The van der Waals surface area contributed by atoms with Crippen molar-refractivity contribution in [2.75, 3.05) is 33.4 Å². The van der Waals surface area contributed by atoms with Gasteiger partial charge in [0.2, 0.25) is 0 Å². The summed E-state index contributed by atoms with van der Waals surface area (Å²) in [5, 5.41) is 5.73. The molecule has 0 aromatic heterocycles. The van der Waals surface area contributed by atoms with Crippen LogP contribution >= 0.6 is 0 Å². The molecule has 0 saturated carbocycles. The van der Waals surface area contributed by atoms with Crippen LogP contribution < -0.4 is 10.6 Å². The maximum Gasteiger partial charge on any atom is 0.315 e. The van der Waals surface area contributed by atoms with Crippen LogP contribution in [0.2, 0.25) is 0 Å². The van der Waals surface area contributed by atoms with E-state index in [4.69, 9.17) is 9.47 Å². The van der Waals surface area contributed by atoms with E-state index in [9.17, 15) is 4.79 Å². The number of ether oxygens (including phenoxy) is 2. The lowest BCUT2D eigenvalue weighted by Crippen LogP contribution is -2.42. The first kappa shape index (κ1) is 18.7. The minimum atomic E-state index is -0.174. The fourth-order valence-corrected chi connectivity index (χ4v) is 2.88. The summed E-state index contributed by atoms with van der Waals surface area (Å²) >= 11 is 0. The second kappa shape index (κ2) is 9.61. The minimum absolute atomic E-state index is 0.00959. The molecular weight excluding hydrogens is 306 g/mol. The molecule has 2 N–H and O–H groups in total. The molecule has 0 bridgehead atoms. The molecule has 1 heterocycles. The van der Waals surface area contributed by atoms with Crippen molar-refractivity contribution in [2.24, 2.45) is 0 Å². The van der Waals surface area contributed by atoms with Crippen molar-refractivity contribution in [3.8, 4) is 0 Å². The lowest BCUT2D eigenvalue weighted by molar-refractivity contribution is -0.0212. The third-order valence-corrected chi connectivity index (χ3v) is 3.97. The van der Waals surface area contributed by atoms with Gasteiger partial charge in [-0.05, 0) is 25.0 Å². The molecule has 1 aromatic rings. The molecule has 1 saturated heterocycles. The van der Waals surface area contributed by atoms with Crippen LogP contribution in [0.4, 0.5) is 4.79 Å². The monoisotopic (exact) mass is 335 g/mol. The van der Waals surface area contributed by atoms with Gasteiger partial charge in [0.15, 0.2) is 0 Å². The normalized spacial score (nSPS) is 19.7. The van der Waals surface area contributed by atoms with Gasteiger partial charge < -0.3 is 20.1 Å². The molecule has 2 amide bonds. The first-order valence-corrected chi connectivity index (χ1v) is 8.52. The number of amides is 2. The molecule has 1 aromatic carbocycles. The smallest absolute Gasteiger partial charge is 0.315 e. The van der Waals surface area contributed by atoms with Gasteiger partial charge in [0, 0.05) is 33.3 Å². The van der Waals surface area contributed by atoms with E-state index in [0.717, 1.165) is 31.8 Å². The van der Waals surface area contributed by atoms with E-state index in [2.05, 4.69) is 34.6 Å². The van der Waals surface area contributed by atoms with Crippen LogP contribution in [-0.4, -0.2) is 56.5 Å². The summed E-state index contributed by atoms with van der Waals surface area (Å²) in [6, 6.07) is 8.17. The van der Waals surface area contributed by atoms with Gasteiger partial charge in [0.25, 0.3) is 0 Å². The number of rotatable bonds is 7. The second-order valence-electron chi connectivity index (χ2n) is 6.42. The molecule has 6 nitrogen and oxygen atoms in total. The van der Waals surface area contributed by atoms with Crippen LogP contribution in [-0.2, 0) is 22.6 Å². The van der Waals surface area contributed by atoms with Gasteiger partial charge in [-0.25, -0.2) is 4.79 Å². The number of morpholine rings is 1. The number of methoxy groups -OCH3 is 1. The summed E-state index contributed by atoms with van der Waals surface area (Å²) < 4.78 is 10.6. The van der Waals surface area contributed by atoms with Crippen LogP contribution in [0.15, 0.2) is 24.3 Å². The van der Waals surface area contributed by atoms with Crippen molar-refractivity contribution >= 4 is 6.03 Å². The molecule has 1 fully saturated rings. The molecule has 134 valence electrons. The highest BCUT2D eigenvalue weighted by Gasteiger charge is 2.16. The van der Waals surface area contributed by atoms with Gasteiger partial charge in [-0.2, -0.15) is 0 Å². The van der Waals surface area contributed by atoms with Gasteiger partial charge in [0.05, 0.1) is 25.4 Å². The number of carbonyl (C=O) groups is 1. The fraction of sp³-hybridized carbons (Fsp3) is 0.611. The highest BCUT2D eigenvalue weighted by Crippen LogP contribution is 2.12. The molecule has 0 aliphatic carbocycles. The van der Waals surface area contributed by atoms with E-state index in [-0.39, 0.29) is 12.1 Å². The molecule has 1 aliphatic heterocycles. The first-order chi connectivity index (χ1) is 11.6. The zero-order chi connectivity index (χ0) is 17.4. The van der Waals surface area contributed by atoms with Crippen molar-refractivity contribution in [1.29, 1.82) is 0 Å². The summed E-state index contributed by atoms with van der Waals surface area (Å²) in [4.78, 5) is 14.2. The summed E-state index contributed by atoms with van der Waals surface area (Å²) in [6.45, 7) is 8.66. The lowest BCUT2D eigenvalue weighted by atomic mass is 10.1. The third kappa shape index (κ3) is 6.47. The third-order valence-electron chi connectivity index (χ3n) is 3.97. The molecule has 0 spiro atoms. The van der Waals surface area contributed by atoms with Crippen molar-refractivity contribution in [2.45, 2.75) is 39.1 Å². The van der Waals surface area contributed by atoms with Crippen molar-refractivity contribution < 1.29 is 14.3 Å². The van der Waals surface area contributed by atoms with Crippen LogP contribution in [0.5, 0.6) is 0 Å². The summed E-state index contributed by atoms with van der Waals surface area (Å²) in [7, 11) is 1.62. The number of hydrogen-bond acceptors (Lipinski definition) is 4. The zero-order valence-corrected chi connectivity index (χ0v) is 14.9. The Hall–Kier alpha value is -1.63. The molecule has 2 rings (SSSR count). The maximum atomic E-state index is 11.8. The number of benzene rings is 1. The van der Waals surface area contributed by atoms with Gasteiger partial charge in [-0.1, -0.05) is 24.3 Å². The van der Waals surface area contributed by atoms with E-state index in [1.54, 1.807) is 7.11 Å². The zero-order valence-electron chi connectivity index (χ0n) is 14.9. The summed E-state index contributed by atoms with van der Waals surface area (Å²) in [5.41, 5.74) is 2.36. The van der Waals surface area contributed by atoms with E-state index in [1.807, 2.05) is 19.1 Å². The Morgan fingerprint density at radius 2 is 2.25 bits per heavy atom. The average Bonchev–Trinajstić information content (AvgIpc) is 2.53. The van der Waals surface area contributed by atoms with Gasteiger partial charge in [-0.3, -0.25) is 4.90 Å². The highest BCUT2D eigenvalue weighted by atomic mass is 16.5. The maximum absolute atomic E-state index is 11.8. The fourth-order valence-electron chi connectivity index (χ4n) is 2.88. The predicted molar refractivity (Wildman–Crippen MR) is 93.8 cm³/mol. The van der Waals surface area contributed by atoms with Crippen LogP contribution in [0.1, 0.15) is 25.0 Å². The molecule has 0 radical (unpaired) electrons. The number of carbonyl (C=O) groups excluding carboxylic acids is 1. The predicted octanol–water partition coefficient (Wildman–Crippen LogP) is 1.74. The Bertz CT molecular complexity index is 524. The van der Waals surface area contributed by atoms with E-state index < -0.39 is 0 Å². The Kier molecular flexibility index (Phi) is 7.49. The van der Waals surface area contributed by atoms with Crippen LogP contribution in [0.3, 0.4) is 0 Å². The number of nitrogens with one attached hydrogen (secondary N) is 2. The summed E-state index contributed by atoms with van der Waals surface area (Å²) in [6.07, 6.45) is 0.293. The average molecular weight is 335 g/mol. The van der Waals surface area contributed by atoms with Crippen molar-refractivity contribution in [3.05, 3.63) is 35.4 Å². The van der Waals surface area contributed by atoms with Gasteiger partial charge >= 0.3 is 6.03 Å². The number of urea groups is 1. The number of nitrogens with zero attached hydrogens (tertiary/aromatic N) is 1. The first-order valence-electron chi connectivity index (χ1n) is 8.52. The quantitative estimate of drug-likeness (QED) is 0.797. The summed E-state index contributed by atoms with van der Waals surface area (Å²) in [5.74, 6) is 0. The van der Waals surface area contributed by atoms with Crippen molar-refractivity contribution in [3.63, 3.8) is 0 Å². The molecule has 2 unspecified atom stereocenters. The van der Waals surface area contributed by atoms with Crippen LogP contribution in [0, 0.1) is 0 Å².